The molecule has 10 heteroatoms. The summed E-state index contributed by atoms with van der Waals surface area (Å²) in [6, 6.07) is 3.49. The summed E-state index contributed by atoms with van der Waals surface area (Å²) in [6.07, 6.45) is 0. The Labute approximate surface area is 158 Å². The summed E-state index contributed by atoms with van der Waals surface area (Å²) in [7, 11) is 0. The van der Waals surface area contributed by atoms with Crippen LogP contribution in [0.25, 0.3) is 0 Å². The van der Waals surface area contributed by atoms with Gasteiger partial charge in [-0.3, -0.25) is 0 Å². The Morgan fingerprint density at radius 1 is 1.07 bits per heavy atom. The fourth-order valence-electron chi connectivity index (χ4n) is 2.37. The average molecular weight is 375 g/mol. The zero-order chi connectivity index (χ0) is 19.3. The van der Waals surface area contributed by atoms with E-state index in [1.807, 2.05) is 32.6 Å². The normalized spacial score (nSPS) is 14.7. The molecular formula is C17H25N7O3. The molecule has 0 amide bonds. The fraction of sp³-hybridized carbons (Fsp3) is 0.588. The van der Waals surface area contributed by atoms with Gasteiger partial charge in [0, 0.05) is 30.8 Å². The molecule has 10 nitrogen and oxygen atoms in total. The molecule has 0 atom stereocenters. The van der Waals surface area contributed by atoms with Gasteiger partial charge in [-0.1, -0.05) is 0 Å². The number of aromatic nitrogens is 5. The first-order valence-corrected chi connectivity index (χ1v) is 8.94. The van der Waals surface area contributed by atoms with Gasteiger partial charge >= 0.3 is 6.01 Å². The van der Waals surface area contributed by atoms with Gasteiger partial charge in [0.25, 0.3) is 0 Å². The van der Waals surface area contributed by atoms with Crippen LogP contribution in [0.3, 0.4) is 0 Å². The van der Waals surface area contributed by atoms with Crippen molar-refractivity contribution in [3.63, 3.8) is 0 Å². The van der Waals surface area contributed by atoms with E-state index in [1.165, 1.54) is 0 Å². The molecule has 146 valence electrons. The quantitative estimate of drug-likeness (QED) is 0.804. The highest BCUT2D eigenvalue weighted by molar-refractivity contribution is 5.40. The first-order valence-electron chi connectivity index (χ1n) is 8.94. The van der Waals surface area contributed by atoms with Gasteiger partial charge in [-0.25, -0.2) is 0 Å². The second-order valence-corrected chi connectivity index (χ2v) is 6.96. The number of hydrogen-bond donors (Lipinski definition) is 1. The Kier molecular flexibility index (Phi) is 5.84. The molecule has 0 aliphatic carbocycles. The number of rotatable bonds is 6. The van der Waals surface area contributed by atoms with Crippen LogP contribution in [0.2, 0.25) is 0 Å². The minimum Gasteiger partial charge on any atom is -0.477 e. The lowest BCUT2D eigenvalue weighted by Crippen LogP contribution is -2.38. The molecule has 1 saturated heterocycles. The Morgan fingerprint density at radius 3 is 2.41 bits per heavy atom. The van der Waals surface area contributed by atoms with E-state index in [0.29, 0.717) is 50.7 Å². The molecule has 1 aliphatic rings. The first-order chi connectivity index (χ1) is 12.9. The van der Waals surface area contributed by atoms with E-state index >= 15 is 0 Å². The summed E-state index contributed by atoms with van der Waals surface area (Å²) in [5.41, 5.74) is -0.208. The molecule has 27 heavy (non-hydrogen) atoms. The van der Waals surface area contributed by atoms with Gasteiger partial charge in [-0.05, 0) is 27.7 Å². The summed E-state index contributed by atoms with van der Waals surface area (Å²) in [5.74, 6) is 1.69. The Bertz CT molecular complexity index is 743. The molecule has 2 aromatic heterocycles. The number of morpholine rings is 1. The van der Waals surface area contributed by atoms with Crippen molar-refractivity contribution < 1.29 is 14.2 Å². The predicted octanol–water partition coefficient (Wildman–Crippen LogP) is 1.90. The molecule has 0 spiro atoms. The van der Waals surface area contributed by atoms with Crippen molar-refractivity contribution in [2.45, 2.75) is 33.2 Å². The second kappa shape index (κ2) is 8.30. The van der Waals surface area contributed by atoms with E-state index < -0.39 is 0 Å². The van der Waals surface area contributed by atoms with Crippen LogP contribution in [0.4, 0.5) is 11.9 Å². The topological polar surface area (TPSA) is 107 Å². The fourth-order valence-corrected chi connectivity index (χ4v) is 2.37. The van der Waals surface area contributed by atoms with Crippen LogP contribution in [0, 0.1) is 0 Å². The van der Waals surface area contributed by atoms with E-state index in [0.717, 1.165) is 0 Å². The maximum Gasteiger partial charge on any atom is 0.330 e. The standard InChI is InChI=1S/C17H25N7O3/c1-5-26-12-6-7-13(23-22-12)27-16-19-14(21-17(2,3)4)18-15(20-16)24-8-10-25-11-9-24/h6-7H,5,8-11H2,1-4H3,(H,18,19,20,21). The van der Waals surface area contributed by atoms with Crippen molar-refractivity contribution in [3.05, 3.63) is 12.1 Å². The minimum absolute atomic E-state index is 0.150. The Balaban J connectivity index is 1.84. The van der Waals surface area contributed by atoms with Gasteiger partial charge in [0.1, 0.15) is 0 Å². The van der Waals surface area contributed by atoms with Crippen molar-refractivity contribution in [1.82, 2.24) is 25.1 Å². The molecule has 0 bridgehead atoms. The summed E-state index contributed by atoms with van der Waals surface area (Å²) >= 11 is 0. The van der Waals surface area contributed by atoms with Gasteiger partial charge in [0.05, 0.1) is 19.8 Å². The van der Waals surface area contributed by atoms with E-state index in [4.69, 9.17) is 14.2 Å². The lowest BCUT2D eigenvalue weighted by atomic mass is 10.1. The highest BCUT2D eigenvalue weighted by Crippen LogP contribution is 2.22. The zero-order valence-electron chi connectivity index (χ0n) is 16.1. The van der Waals surface area contributed by atoms with Crippen LogP contribution in [0.15, 0.2) is 12.1 Å². The van der Waals surface area contributed by atoms with Crippen molar-refractivity contribution in [2.24, 2.45) is 0 Å². The monoisotopic (exact) mass is 375 g/mol. The lowest BCUT2D eigenvalue weighted by Gasteiger charge is -2.27. The molecule has 1 fully saturated rings. The van der Waals surface area contributed by atoms with Gasteiger partial charge in [-0.2, -0.15) is 15.0 Å². The number of nitrogens with zero attached hydrogens (tertiary/aromatic N) is 6. The SMILES string of the molecule is CCOc1ccc(Oc2nc(NC(C)(C)C)nc(N3CCOCC3)n2)nn1. The molecule has 0 unspecified atom stereocenters. The molecule has 0 aromatic carbocycles. The molecule has 3 rings (SSSR count). The number of ether oxygens (including phenoxy) is 3. The smallest absolute Gasteiger partial charge is 0.330 e. The van der Waals surface area contributed by atoms with Gasteiger partial charge in [0.2, 0.25) is 23.7 Å². The Hall–Kier alpha value is -2.75. The summed E-state index contributed by atoms with van der Waals surface area (Å²) in [5, 5.41) is 11.2. The van der Waals surface area contributed by atoms with Crippen LogP contribution in [0.1, 0.15) is 27.7 Å². The van der Waals surface area contributed by atoms with E-state index in [9.17, 15) is 0 Å². The molecule has 0 radical (unpaired) electrons. The van der Waals surface area contributed by atoms with Crippen LogP contribution in [-0.2, 0) is 4.74 Å². The summed E-state index contributed by atoms with van der Waals surface area (Å²) in [6.45, 7) is 11.2. The van der Waals surface area contributed by atoms with Crippen molar-refractivity contribution in [3.8, 4) is 17.8 Å². The summed E-state index contributed by atoms with van der Waals surface area (Å²) in [4.78, 5) is 15.3. The average Bonchev–Trinajstić information content (AvgIpc) is 2.63. The van der Waals surface area contributed by atoms with E-state index in [1.54, 1.807) is 12.1 Å². The second-order valence-electron chi connectivity index (χ2n) is 6.96. The maximum atomic E-state index is 5.71. The first kappa shape index (κ1) is 19.0. The molecule has 1 aliphatic heterocycles. The van der Waals surface area contributed by atoms with Crippen LogP contribution < -0.4 is 19.7 Å². The van der Waals surface area contributed by atoms with Gasteiger partial charge in [0.15, 0.2) is 0 Å². The molecule has 2 aromatic rings. The molecule has 3 heterocycles. The third-order valence-electron chi connectivity index (χ3n) is 3.49. The van der Waals surface area contributed by atoms with Gasteiger partial charge < -0.3 is 24.4 Å². The van der Waals surface area contributed by atoms with Crippen molar-refractivity contribution in [1.29, 1.82) is 0 Å². The van der Waals surface area contributed by atoms with Crippen molar-refractivity contribution in [2.75, 3.05) is 43.1 Å². The highest BCUT2D eigenvalue weighted by Gasteiger charge is 2.20. The lowest BCUT2D eigenvalue weighted by molar-refractivity contribution is 0.122. The molecule has 0 saturated carbocycles. The third-order valence-corrected chi connectivity index (χ3v) is 3.49. The third kappa shape index (κ3) is 5.61. The number of hydrogen-bond acceptors (Lipinski definition) is 10. The largest absolute Gasteiger partial charge is 0.477 e. The van der Waals surface area contributed by atoms with Crippen LogP contribution >= 0.6 is 0 Å². The molecule has 1 N–H and O–H groups in total. The maximum absolute atomic E-state index is 5.71. The number of anilines is 2. The minimum atomic E-state index is -0.208. The van der Waals surface area contributed by atoms with E-state index in [2.05, 4.69) is 30.5 Å². The zero-order valence-corrected chi connectivity index (χ0v) is 16.1. The predicted molar refractivity (Wildman–Crippen MR) is 99.5 cm³/mol. The Morgan fingerprint density at radius 2 is 1.78 bits per heavy atom. The highest BCUT2D eigenvalue weighted by atomic mass is 16.5. The van der Waals surface area contributed by atoms with Crippen molar-refractivity contribution >= 4 is 11.9 Å². The molecular weight excluding hydrogens is 350 g/mol. The van der Waals surface area contributed by atoms with Gasteiger partial charge in [-0.15, -0.1) is 10.2 Å². The summed E-state index contributed by atoms with van der Waals surface area (Å²) < 4.78 is 16.4. The van der Waals surface area contributed by atoms with Crippen LogP contribution in [0.5, 0.6) is 17.8 Å². The van der Waals surface area contributed by atoms with Crippen LogP contribution in [-0.4, -0.2) is 63.6 Å². The number of nitrogens with one attached hydrogen (secondary N) is 1. The van der Waals surface area contributed by atoms with E-state index in [-0.39, 0.29) is 17.4 Å².